The molecule has 0 radical (unpaired) electrons. The van der Waals surface area contributed by atoms with Crippen LogP contribution in [-0.4, -0.2) is 99.1 Å². The highest BCUT2D eigenvalue weighted by molar-refractivity contribution is 6.52. The number of nitrogens with zero attached hydrogens (tertiary/aromatic N) is 2. The summed E-state index contributed by atoms with van der Waals surface area (Å²) in [5, 5.41) is 1.70. The van der Waals surface area contributed by atoms with Crippen LogP contribution in [0.5, 0.6) is 5.75 Å². The van der Waals surface area contributed by atoms with E-state index in [9.17, 15) is 14.4 Å². The second-order valence-corrected chi connectivity index (χ2v) is 11.1. The molecule has 2 atom stereocenters. The van der Waals surface area contributed by atoms with Crippen LogP contribution in [0.4, 0.5) is 0 Å². The largest absolute Gasteiger partial charge is 0.501 e. The average Bonchev–Trinajstić information content (AvgIpc) is 3.22. The fraction of sp³-hybridized carbons (Fsp3) is 0.400. The first-order valence-corrected chi connectivity index (χ1v) is 13.5. The van der Waals surface area contributed by atoms with E-state index in [-0.39, 0.29) is 24.8 Å². The van der Waals surface area contributed by atoms with Gasteiger partial charge in [-0.2, -0.15) is 0 Å². The van der Waals surface area contributed by atoms with Crippen LogP contribution in [0.1, 0.15) is 45.8 Å². The molecule has 0 aliphatic carbocycles. The van der Waals surface area contributed by atoms with Gasteiger partial charge in [-0.25, -0.2) is 0 Å². The summed E-state index contributed by atoms with van der Waals surface area (Å²) in [5.74, 6) is 0.0296. The molecule has 1 N–H and O–H groups in total. The minimum atomic E-state index is -0.657. The molecule has 3 heterocycles. The minimum Gasteiger partial charge on any atom is -0.501 e. The van der Waals surface area contributed by atoms with Crippen molar-refractivity contribution in [2.45, 2.75) is 36.8 Å². The van der Waals surface area contributed by atoms with Gasteiger partial charge in [0.15, 0.2) is 15.7 Å². The van der Waals surface area contributed by atoms with Crippen LogP contribution in [0, 0.1) is 0 Å². The highest BCUT2D eigenvalue weighted by Crippen LogP contribution is 2.35. The Morgan fingerprint density at radius 2 is 1.79 bits per heavy atom. The number of hydrogen-bond acceptors (Lipinski definition) is 6. The van der Waals surface area contributed by atoms with Crippen molar-refractivity contribution < 1.29 is 23.9 Å². The summed E-state index contributed by atoms with van der Waals surface area (Å²) < 4.78 is 12.2. The van der Waals surface area contributed by atoms with Crippen molar-refractivity contribution in [1.29, 1.82) is 0 Å². The smallest absolute Gasteiger partial charge is 0.255 e. The fourth-order valence-electron chi connectivity index (χ4n) is 6.09. The van der Waals surface area contributed by atoms with E-state index in [1.807, 2.05) is 27.8 Å². The van der Waals surface area contributed by atoms with Gasteiger partial charge in [0.2, 0.25) is 11.8 Å². The lowest BCUT2D eigenvalue weighted by atomic mass is 9.56. The molecule has 2 unspecified atom stereocenters. The predicted octanol–water partition coefficient (Wildman–Crippen LogP) is -4.62. The standard InChI is InChI=1S/C25H32B5N3O5/c26-20-14(22(28)32-8-10-37-11-9-32)4-5-16(21(20)27)25(29,30)38-18-3-1-2-13-15(18)12-33(24(13)36)17-6-7-19(34)31-23(17)35/h1-5,17,22H,6-12,26-30H2,(H,31,34,35). The van der Waals surface area contributed by atoms with Crippen molar-refractivity contribution in [2.75, 3.05) is 26.3 Å². The van der Waals surface area contributed by atoms with Crippen molar-refractivity contribution in [3.05, 3.63) is 52.6 Å². The Balaban J connectivity index is 1.39. The van der Waals surface area contributed by atoms with Crippen molar-refractivity contribution in [1.82, 2.24) is 15.1 Å². The molecular weight excluding hydrogens is 476 g/mol. The molecule has 3 aliphatic rings. The Bertz CT molecular complexity index is 1300. The molecule has 38 heavy (non-hydrogen) atoms. The maximum Gasteiger partial charge on any atom is 0.255 e. The molecule has 2 aromatic carbocycles. The molecule has 5 rings (SSSR count). The highest BCUT2D eigenvalue weighted by Gasteiger charge is 2.41. The van der Waals surface area contributed by atoms with E-state index >= 15 is 0 Å². The monoisotopic (exact) mass is 509 g/mol. The first kappa shape index (κ1) is 26.7. The summed E-state index contributed by atoms with van der Waals surface area (Å²) in [6.45, 7) is 3.69. The predicted molar refractivity (Wildman–Crippen MR) is 158 cm³/mol. The van der Waals surface area contributed by atoms with Crippen LogP contribution in [-0.2, 0) is 26.3 Å². The lowest BCUT2D eigenvalue weighted by molar-refractivity contribution is -0.136. The molecule has 13 heteroatoms. The quantitative estimate of drug-likeness (QED) is 0.312. The summed E-state index contributed by atoms with van der Waals surface area (Å²) in [4.78, 5) is 41.3. The topological polar surface area (TPSA) is 88.2 Å². The molecule has 192 valence electrons. The molecule has 3 aliphatic heterocycles. The molecule has 0 saturated carbocycles. The number of piperidine rings is 1. The third kappa shape index (κ3) is 4.82. The summed E-state index contributed by atoms with van der Waals surface area (Å²) in [6.07, 6.45) is 0.561. The van der Waals surface area contributed by atoms with Crippen molar-refractivity contribution in [2.24, 2.45) is 0 Å². The normalized spacial score (nSPS) is 21.2. The minimum absolute atomic E-state index is 0.203. The van der Waals surface area contributed by atoms with E-state index in [2.05, 4.69) is 45.9 Å². The summed E-state index contributed by atoms with van der Waals surface area (Å²) in [7, 11) is 10.7. The highest BCUT2D eigenvalue weighted by atomic mass is 16.5. The maximum atomic E-state index is 13.2. The van der Waals surface area contributed by atoms with Crippen molar-refractivity contribution >= 4 is 67.9 Å². The summed E-state index contributed by atoms with van der Waals surface area (Å²) in [6, 6.07) is 9.21. The zero-order valence-corrected chi connectivity index (χ0v) is 22.9. The number of carbonyl (C=O) groups excluding carboxylic acids is 3. The van der Waals surface area contributed by atoms with Crippen LogP contribution in [0.3, 0.4) is 0 Å². The Morgan fingerprint density at radius 1 is 1.05 bits per heavy atom. The summed E-state index contributed by atoms with van der Waals surface area (Å²) >= 11 is 0. The third-order valence-corrected chi connectivity index (χ3v) is 8.43. The SMILES string of the molecule is Bc1c(C(B)N2CCOCC2)ccc(C(B)(B)Oc2cccc3c2CN(C2CCC(=O)NC2=O)C3=O)c1B. The van der Waals surface area contributed by atoms with Gasteiger partial charge in [-0.05, 0) is 29.7 Å². The van der Waals surface area contributed by atoms with E-state index in [0.29, 0.717) is 23.7 Å². The third-order valence-electron chi connectivity index (χ3n) is 8.43. The number of carbonyl (C=O) groups is 3. The van der Waals surface area contributed by atoms with Crippen LogP contribution in [0.25, 0.3) is 0 Å². The number of rotatable bonds is 6. The Hall–Kier alpha value is -2.91. The van der Waals surface area contributed by atoms with Gasteiger partial charge in [0.25, 0.3) is 5.91 Å². The lowest BCUT2D eigenvalue weighted by Crippen LogP contribution is -2.52. The molecular formula is C25H32B5N3O5. The van der Waals surface area contributed by atoms with Gasteiger partial charge in [-0.15, -0.1) is 0 Å². The lowest BCUT2D eigenvalue weighted by Gasteiger charge is -2.36. The number of ether oxygens (including phenoxy) is 2. The average molecular weight is 509 g/mol. The van der Waals surface area contributed by atoms with Gasteiger partial charge in [0.05, 0.1) is 25.2 Å². The molecule has 2 fully saturated rings. The first-order valence-electron chi connectivity index (χ1n) is 13.5. The zero-order valence-electron chi connectivity index (χ0n) is 22.9. The maximum absolute atomic E-state index is 13.2. The van der Waals surface area contributed by atoms with Crippen LogP contribution in [0.15, 0.2) is 30.3 Å². The Morgan fingerprint density at radius 3 is 2.50 bits per heavy atom. The van der Waals surface area contributed by atoms with Gasteiger partial charge < -0.3 is 14.4 Å². The van der Waals surface area contributed by atoms with Gasteiger partial charge in [0, 0.05) is 36.6 Å². The van der Waals surface area contributed by atoms with Crippen LogP contribution in [0.2, 0.25) is 0 Å². The number of nitrogens with one attached hydrogen (secondary N) is 1. The van der Waals surface area contributed by atoms with Crippen molar-refractivity contribution in [3.63, 3.8) is 0 Å². The van der Waals surface area contributed by atoms with Gasteiger partial charge in [0.1, 0.15) is 35.3 Å². The van der Waals surface area contributed by atoms with E-state index in [1.165, 1.54) is 16.5 Å². The number of hydrogen-bond donors (Lipinski definition) is 1. The second kappa shape index (κ2) is 10.3. The number of morpholine rings is 1. The molecule has 2 saturated heterocycles. The molecule has 8 nitrogen and oxygen atoms in total. The summed E-state index contributed by atoms with van der Waals surface area (Å²) in [5.41, 5.74) is 6.19. The number of fused-ring (bicyclic) bond motifs is 1. The molecule has 0 spiro atoms. The fourth-order valence-corrected chi connectivity index (χ4v) is 6.09. The first-order chi connectivity index (χ1) is 18.1. The number of amides is 3. The van der Waals surface area contributed by atoms with Gasteiger partial charge in [-0.3, -0.25) is 24.6 Å². The van der Waals surface area contributed by atoms with E-state index in [0.717, 1.165) is 37.4 Å². The molecule has 0 bridgehead atoms. The van der Waals surface area contributed by atoms with Crippen LogP contribution < -0.4 is 21.0 Å². The molecule has 0 aromatic heterocycles. The zero-order chi connectivity index (χ0) is 27.2. The van der Waals surface area contributed by atoms with Gasteiger partial charge >= 0.3 is 0 Å². The van der Waals surface area contributed by atoms with Crippen molar-refractivity contribution in [3.8, 4) is 5.75 Å². The second-order valence-electron chi connectivity index (χ2n) is 11.1. The molecule has 3 amide bonds. The number of imide groups is 1. The van der Waals surface area contributed by atoms with E-state index in [4.69, 9.17) is 9.47 Å². The Kier molecular flexibility index (Phi) is 7.26. The van der Waals surface area contributed by atoms with Gasteiger partial charge in [-0.1, -0.05) is 29.1 Å². The van der Waals surface area contributed by atoms with E-state index < -0.39 is 17.3 Å². The molecule has 2 aromatic rings. The van der Waals surface area contributed by atoms with Crippen LogP contribution >= 0.6 is 0 Å². The number of benzene rings is 2. The van der Waals surface area contributed by atoms with E-state index in [1.54, 1.807) is 11.0 Å². The Labute approximate surface area is 228 Å².